The third kappa shape index (κ3) is 3.37. The highest BCUT2D eigenvalue weighted by atomic mass is 19.4. The summed E-state index contributed by atoms with van der Waals surface area (Å²) in [5.74, 6) is -1.04. The summed E-state index contributed by atoms with van der Waals surface area (Å²) in [5.41, 5.74) is -0.0852. The molecule has 2 aromatic rings. The van der Waals surface area contributed by atoms with Crippen LogP contribution in [0.25, 0.3) is 0 Å². The van der Waals surface area contributed by atoms with Crippen LogP contribution in [0.2, 0.25) is 0 Å². The van der Waals surface area contributed by atoms with Crippen molar-refractivity contribution in [2.45, 2.75) is 25.1 Å². The minimum absolute atomic E-state index is 0.0309. The molecular formula is C18H16F3NO2. The Bertz CT molecular complexity index is 744. The fourth-order valence-electron chi connectivity index (χ4n) is 2.87. The number of hydrogen-bond acceptors (Lipinski definition) is 2. The van der Waals surface area contributed by atoms with Gasteiger partial charge in [-0.2, -0.15) is 13.2 Å². The van der Waals surface area contributed by atoms with Crippen LogP contribution in [0.5, 0.6) is 5.75 Å². The van der Waals surface area contributed by atoms with Crippen molar-refractivity contribution in [2.24, 2.45) is 0 Å². The fraction of sp³-hybridized carbons (Fsp3) is 0.278. The minimum Gasteiger partial charge on any atom is -0.508 e. The molecule has 24 heavy (non-hydrogen) atoms. The second kappa shape index (κ2) is 6.19. The maximum atomic E-state index is 12.8. The van der Waals surface area contributed by atoms with Crippen molar-refractivity contribution in [1.82, 2.24) is 4.90 Å². The van der Waals surface area contributed by atoms with E-state index in [4.69, 9.17) is 0 Å². The molecule has 0 saturated carbocycles. The van der Waals surface area contributed by atoms with Crippen LogP contribution in [-0.2, 0) is 12.6 Å². The Hall–Kier alpha value is -2.50. The van der Waals surface area contributed by atoms with E-state index in [1.54, 1.807) is 4.90 Å². The van der Waals surface area contributed by atoms with Crippen LogP contribution in [0.3, 0.4) is 0 Å². The van der Waals surface area contributed by atoms with E-state index in [-0.39, 0.29) is 11.6 Å². The van der Waals surface area contributed by atoms with Gasteiger partial charge in [0.2, 0.25) is 0 Å². The Kier molecular flexibility index (Phi) is 4.22. The number of amides is 1. The van der Waals surface area contributed by atoms with Crippen LogP contribution in [-0.4, -0.2) is 28.5 Å². The Morgan fingerprint density at radius 2 is 1.88 bits per heavy atom. The molecule has 1 atom stereocenters. The van der Waals surface area contributed by atoms with Crippen LogP contribution >= 0.6 is 0 Å². The van der Waals surface area contributed by atoms with E-state index in [2.05, 4.69) is 0 Å². The number of rotatable bonds is 3. The van der Waals surface area contributed by atoms with Gasteiger partial charge in [0.25, 0.3) is 5.91 Å². The van der Waals surface area contributed by atoms with Crippen molar-refractivity contribution in [3.8, 4) is 5.75 Å². The summed E-state index contributed by atoms with van der Waals surface area (Å²) in [4.78, 5) is 14.1. The van der Waals surface area contributed by atoms with Crippen molar-refractivity contribution in [1.29, 1.82) is 0 Å². The molecule has 2 aromatic carbocycles. The molecule has 0 bridgehead atoms. The zero-order valence-electron chi connectivity index (χ0n) is 12.8. The van der Waals surface area contributed by atoms with E-state index < -0.39 is 23.4 Å². The van der Waals surface area contributed by atoms with Crippen LogP contribution in [0.4, 0.5) is 13.2 Å². The third-order valence-corrected chi connectivity index (χ3v) is 4.21. The first-order valence-electron chi connectivity index (χ1n) is 7.61. The number of benzene rings is 2. The molecule has 0 aliphatic carbocycles. The van der Waals surface area contributed by atoms with E-state index in [1.807, 2.05) is 30.3 Å². The van der Waals surface area contributed by atoms with E-state index in [0.29, 0.717) is 19.0 Å². The average Bonchev–Trinajstić information content (AvgIpc) is 2.51. The summed E-state index contributed by atoms with van der Waals surface area (Å²) < 4.78 is 38.5. The topological polar surface area (TPSA) is 40.5 Å². The lowest BCUT2D eigenvalue weighted by Crippen LogP contribution is -2.52. The summed E-state index contributed by atoms with van der Waals surface area (Å²) in [6.45, 7) is 0.507. The number of alkyl halides is 3. The molecule has 3 nitrogen and oxygen atoms in total. The van der Waals surface area contributed by atoms with Gasteiger partial charge in [-0.05, 0) is 36.6 Å². The van der Waals surface area contributed by atoms with Crippen molar-refractivity contribution < 1.29 is 23.1 Å². The number of halogens is 3. The van der Waals surface area contributed by atoms with Gasteiger partial charge in [0, 0.05) is 18.2 Å². The number of carbonyl (C=O) groups excluding carboxylic acids is 1. The first-order chi connectivity index (χ1) is 11.3. The first kappa shape index (κ1) is 16.4. The highest BCUT2D eigenvalue weighted by Gasteiger charge is 2.35. The van der Waals surface area contributed by atoms with Gasteiger partial charge in [0.1, 0.15) is 5.75 Å². The molecule has 0 radical (unpaired) electrons. The summed E-state index contributed by atoms with van der Waals surface area (Å²) in [6, 6.07) is 12.1. The number of aromatic hydroxyl groups is 1. The normalized spacial score (nSPS) is 17.5. The van der Waals surface area contributed by atoms with Crippen molar-refractivity contribution in [3.63, 3.8) is 0 Å². The summed E-state index contributed by atoms with van der Waals surface area (Å²) in [6.07, 6.45) is -3.13. The van der Waals surface area contributed by atoms with E-state index >= 15 is 0 Å². The molecule has 1 amide bonds. The van der Waals surface area contributed by atoms with Gasteiger partial charge in [0.05, 0.1) is 5.56 Å². The van der Waals surface area contributed by atoms with Crippen LogP contribution < -0.4 is 0 Å². The smallest absolute Gasteiger partial charge is 0.416 e. The highest BCUT2D eigenvalue weighted by Crippen LogP contribution is 2.33. The second-order valence-electron chi connectivity index (χ2n) is 5.90. The summed E-state index contributed by atoms with van der Waals surface area (Å²) >= 11 is 0. The minimum atomic E-state index is -4.61. The molecule has 1 aliphatic rings. The zero-order valence-corrected chi connectivity index (χ0v) is 12.8. The molecule has 1 N–H and O–H groups in total. The Morgan fingerprint density at radius 3 is 2.46 bits per heavy atom. The maximum absolute atomic E-state index is 12.8. The van der Waals surface area contributed by atoms with E-state index in [0.717, 1.165) is 24.1 Å². The second-order valence-corrected chi connectivity index (χ2v) is 5.90. The third-order valence-electron chi connectivity index (χ3n) is 4.21. The lowest BCUT2D eigenvalue weighted by Gasteiger charge is -2.41. The molecule has 1 saturated heterocycles. The first-order valence-corrected chi connectivity index (χ1v) is 7.61. The molecule has 6 heteroatoms. The molecule has 0 aromatic heterocycles. The Morgan fingerprint density at radius 1 is 1.17 bits per heavy atom. The van der Waals surface area contributed by atoms with Gasteiger partial charge in [-0.25, -0.2) is 0 Å². The van der Waals surface area contributed by atoms with Gasteiger partial charge in [-0.15, -0.1) is 0 Å². The fourth-order valence-corrected chi connectivity index (χ4v) is 2.87. The molecule has 0 spiro atoms. The van der Waals surface area contributed by atoms with Gasteiger partial charge < -0.3 is 10.0 Å². The van der Waals surface area contributed by atoms with Crippen LogP contribution in [0, 0.1) is 0 Å². The molecule has 3 rings (SSSR count). The number of hydrogen-bond donors (Lipinski definition) is 1. The largest absolute Gasteiger partial charge is 0.508 e. The number of phenolic OH excluding ortho intramolecular Hbond substituents is 1. The molecular weight excluding hydrogens is 319 g/mol. The zero-order chi connectivity index (χ0) is 17.3. The monoisotopic (exact) mass is 335 g/mol. The van der Waals surface area contributed by atoms with Gasteiger partial charge in [-0.3, -0.25) is 4.79 Å². The van der Waals surface area contributed by atoms with Crippen molar-refractivity contribution >= 4 is 5.91 Å². The molecule has 126 valence electrons. The predicted octanol–water partition coefficient (Wildman–Crippen LogP) is 3.87. The lowest BCUT2D eigenvalue weighted by molar-refractivity contribution is -0.137. The summed E-state index contributed by atoms with van der Waals surface area (Å²) in [7, 11) is 0. The van der Waals surface area contributed by atoms with Gasteiger partial charge in [0.15, 0.2) is 0 Å². The Labute approximate surface area is 137 Å². The molecule has 1 fully saturated rings. The highest BCUT2D eigenvalue weighted by molar-refractivity contribution is 5.95. The number of likely N-dealkylation sites (tertiary alicyclic amines) is 1. The maximum Gasteiger partial charge on any atom is 0.416 e. The molecule has 1 aliphatic heterocycles. The number of nitrogens with zero attached hydrogens (tertiary/aromatic N) is 1. The van der Waals surface area contributed by atoms with Crippen LogP contribution in [0.15, 0.2) is 48.5 Å². The predicted molar refractivity (Wildman–Crippen MR) is 82.7 cm³/mol. The average molecular weight is 335 g/mol. The van der Waals surface area contributed by atoms with Crippen molar-refractivity contribution in [2.75, 3.05) is 6.54 Å². The quantitative estimate of drug-likeness (QED) is 0.925. The number of phenols is 1. The molecule has 1 unspecified atom stereocenters. The van der Waals surface area contributed by atoms with E-state index in [1.165, 1.54) is 0 Å². The Balaban J connectivity index is 1.78. The van der Waals surface area contributed by atoms with E-state index in [9.17, 15) is 23.1 Å². The number of carbonyl (C=O) groups is 1. The molecule has 1 heterocycles. The summed E-state index contributed by atoms with van der Waals surface area (Å²) in [5, 5.41) is 9.51. The van der Waals surface area contributed by atoms with Gasteiger partial charge in [-0.1, -0.05) is 30.3 Å². The van der Waals surface area contributed by atoms with Crippen LogP contribution in [0.1, 0.15) is 27.9 Å². The van der Waals surface area contributed by atoms with Gasteiger partial charge >= 0.3 is 6.18 Å². The SMILES string of the molecule is O=C(c1cc(O)cc(C(F)(F)F)c1)N1CCC1Cc1ccccc1. The van der Waals surface area contributed by atoms with Crippen molar-refractivity contribution in [3.05, 3.63) is 65.2 Å². The lowest BCUT2D eigenvalue weighted by atomic mass is 9.94. The standard InChI is InChI=1S/C18H16F3NO2/c19-18(20,21)14-9-13(10-16(23)11-14)17(24)22-7-6-15(22)8-12-4-2-1-3-5-12/h1-5,9-11,15,23H,6-8H2.